The first-order chi connectivity index (χ1) is 13.3. The highest BCUT2D eigenvalue weighted by molar-refractivity contribution is 5.91. The zero-order chi connectivity index (χ0) is 20.9. The molecule has 0 radical (unpaired) electrons. The summed E-state index contributed by atoms with van der Waals surface area (Å²) in [6.07, 6.45) is 9.92. The van der Waals surface area contributed by atoms with Gasteiger partial charge in [-0.05, 0) is 25.7 Å². The molecule has 0 saturated carbocycles. The zero-order valence-corrected chi connectivity index (χ0v) is 17.5. The van der Waals surface area contributed by atoms with Gasteiger partial charge in [0.25, 0.3) is 5.56 Å². The largest absolute Gasteiger partial charge is 0.332 e. The minimum Gasteiger partial charge on any atom is -0.279 e. The molecule has 7 nitrogen and oxygen atoms in total. The number of allylic oxidation sites excluding steroid dienone is 1. The predicted molar refractivity (Wildman–Crippen MR) is 112 cm³/mol. The zero-order valence-electron chi connectivity index (χ0n) is 17.5. The SMILES string of the molecule is C=CCCCCCCCn1c(=O)c2c(ncn2C(=O)C(C)(C)CC)n(C)c1=O. The molecule has 0 unspecified atom stereocenters. The van der Waals surface area contributed by atoms with Crippen molar-refractivity contribution in [2.45, 2.75) is 72.3 Å². The van der Waals surface area contributed by atoms with Crippen molar-refractivity contribution >= 4 is 17.1 Å². The van der Waals surface area contributed by atoms with Crippen molar-refractivity contribution < 1.29 is 4.79 Å². The van der Waals surface area contributed by atoms with Gasteiger partial charge in [-0.25, -0.2) is 9.78 Å². The summed E-state index contributed by atoms with van der Waals surface area (Å²) >= 11 is 0. The maximum atomic E-state index is 13.0. The van der Waals surface area contributed by atoms with E-state index < -0.39 is 16.7 Å². The van der Waals surface area contributed by atoms with Gasteiger partial charge in [0.1, 0.15) is 6.33 Å². The van der Waals surface area contributed by atoms with Crippen molar-refractivity contribution in [2.24, 2.45) is 12.5 Å². The molecule has 0 aliphatic heterocycles. The second-order valence-electron chi connectivity index (χ2n) is 7.97. The fourth-order valence-corrected chi connectivity index (χ4v) is 3.19. The van der Waals surface area contributed by atoms with Gasteiger partial charge in [0.2, 0.25) is 5.91 Å². The van der Waals surface area contributed by atoms with Gasteiger partial charge in [-0.1, -0.05) is 46.1 Å². The van der Waals surface area contributed by atoms with Gasteiger partial charge in [0.15, 0.2) is 11.2 Å². The normalized spacial score (nSPS) is 11.9. The molecule has 0 aromatic carbocycles. The number of imidazole rings is 1. The van der Waals surface area contributed by atoms with Crippen molar-refractivity contribution in [2.75, 3.05) is 0 Å². The Morgan fingerprint density at radius 1 is 1.18 bits per heavy atom. The molecule has 0 aliphatic rings. The second-order valence-corrected chi connectivity index (χ2v) is 7.97. The lowest BCUT2D eigenvalue weighted by Crippen LogP contribution is -2.40. The average Bonchev–Trinajstić information content (AvgIpc) is 3.12. The molecule has 0 spiro atoms. The van der Waals surface area contributed by atoms with Crippen LogP contribution in [0.15, 0.2) is 28.6 Å². The van der Waals surface area contributed by atoms with Gasteiger partial charge in [0.05, 0.1) is 0 Å². The molecule has 154 valence electrons. The number of aromatic nitrogens is 4. The summed E-state index contributed by atoms with van der Waals surface area (Å²) < 4.78 is 3.90. The Kier molecular flexibility index (Phi) is 7.16. The third kappa shape index (κ3) is 4.34. The summed E-state index contributed by atoms with van der Waals surface area (Å²) in [5, 5.41) is 0. The first-order valence-electron chi connectivity index (χ1n) is 10.1. The van der Waals surface area contributed by atoms with Crippen molar-refractivity contribution in [1.29, 1.82) is 0 Å². The van der Waals surface area contributed by atoms with E-state index in [1.807, 2.05) is 26.8 Å². The lowest BCUT2D eigenvalue weighted by molar-refractivity contribution is 0.0744. The summed E-state index contributed by atoms with van der Waals surface area (Å²) in [6.45, 7) is 9.68. The Morgan fingerprint density at radius 3 is 2.46 bits per heavy atom. The summed E-state index contributed by atoms with van der Waals surface area (Å²) in [5.41, 5.74) is -1.03. The minimum absolute atomic E-state index is 0.180. The van der Waals surface area contributed by atoms with Gasteiger partial charge in [-0.2, -0.15) is 0 Å². The van der Waals surface area contributed by atoms with Crippen LogP contribution < -0.4 is 11.2 Å². The van der Waals surface area contributed by atoms with E-state index in [1.165, 1.54) is 20.0 Å². The fourth-order valence-electron chi connectivity index (χ4n) is 3.19. The third-order valence-electron chi connectivity index (χ3n) is 5.50. The summed E-state index contributed by atoms with van der Waals surface area (Å²) in [5.74, 6) is -0.193. The number of carbonyl (C=O) groups is 1. The number of unbranched alkanes of at least 4 members (excludes halogenated alkanes) is 5. The van der Waals surface area contributed by atoms with Crippen molar-refractivity contribution in [3.8, 4) is 0 Å². The summed E-state index contributed by atoms with van der Waals surface area (Å²) in [6, 6.07) is 0. The first kappa shape index (κ1) is 21.9. The van der Waals surface area contributed by atoms with Crippen molar-refractivity contribution in [3.05, 3.63) is 39.8 Å². The third-order valence-corrected chi connectivity index (χ3v) is 5.50. The molecular formula is C21H32N4O3. The Balaban J connectivity index is 2.31. The number of rotatable bonds is 10. The number of carbonyl (C=O) groups excluding carboxylic acids is 1. The van der Waals surface area contributed by atoms with Crippen LogP contribution in [0.1, 0.15) is 70.5 Å². The predicted octanol–water partition coefficient (Wildman–Crippen LogP) is 3.50. The van der Waals surface area contributed by atoms with E-state index in [-0.39, 0.29) is 17.1 Å². The second kappa shape index (κ2) is 9.17. The van der Waals surface area contributed by atoms with Gasteiger partial charge < -0.3 is 0 Å². The molecule has 0 N–H and O–H groups in total. The molecule has 0 bridgehead atoms. The number of nitrogens with zero attached hydrogens (tertiary/aromatic N) is 4. The van der Waals surface area contributed by atoms with E-state index in [0.717, 1.165) is 38.5 Å². The minimum atomic E-state index is -0.620. The number of aryl methyl sites for hydroxylation is 1. The van der Waals surface area contributed by atoms with Crippen LogP contribution in [0.5, 0.6) is 0 Å². The molecule has 0 aliphatic carbocycles. The molecule has 2 heterocycles. The van der Waals surface area contributed by atoms with Crippen LogP contribution >= 0.6 is 0 Å². The molecule has 7 heteroatoms. The maximum absolute atomic E-state index is 13.0. The molecule has 0 atom stereocenters. The molecule has 2 rings (SSSR count). The van der Waals surface area contributed by atoms with E-state index in [1.54, 1.807) is 7.05 Å². The van der Waals surface area contributed by atoms with Gasteiger partial charge in [-0.15, -0.1) is 6.58 Å². The lowest BCUT2D eigenvalue weighted by atomic mass is 9.89. The van der Waals surface area contributed by atoms with Crippen molar-refractivity contribution in [3.63, 3.8) is 0 Å². The van der Waals surface area contributed by atoms with Crippen LogP contribution in [0, 0.1) is 5.41 Å². The van der Waals surface area contributed by atoms with E-state index in [2.05, 4.69) is 11.6 Å². The molecule has 28 heavy (non-hydrogen) atoms. The molecule has 0 fully saturated rings. The Labute approximate surface area is 165 Å². The quantitative estimate of drug-likeness (QED) is 0.461. The number of fused-ring (bicyclic) bond motifs is 1. The Morgan fingerprint density at radius 2 is 1.82 bits per heavy atom. The van der Waals surface area contributed by atoms with Crippen LogP contribution in [0.3, 0.4) is 0 Å². The molecule has 2 aromatic rings. The fraction of sp³-hybridized carbons (Fsp3) is 0.619. The average molecular weight is 389 g/mol. The van der Waals surface area contributed by atoms with E-state index >= 15 is 0 Å². The monoisotopic (exact) mass is 388 g/mol. The Bertz CT molecular complexity index is 962. The molecular weight excluding hydrogens is 356 g/mol. The van der Waals surface area contributed by atoms with E-state index in [4.69, 9.17) is 0 Å². The van der Waals surface area contributed by atoms with Gasteiger partial charge in [0, 0.05) is 19.0 Å². The van der Waals surface area contributed by atoms with Crippen LogP contribution in [0.4, 0.5) is 0 Å². The topological polar surface area (TPSA) is 78.9 Å². The van der Waals surface area contributed by atoms with Gasteiger partial charge >= 0.3 is 5.69 Å². The summed E-state index contributed by atoms with van der Waals surface area (Å²) in [4.78, 5) is 42.7. The highest BCUT2D eigenvalue weighted by Crippen LogP contribution is 2.23. The number of hydrogen-bond acceptors (Lipinski definition) is 4. The molecule has 0 saturated heterocycles. The van der Waals surface area contributed by atoms with Crippen LogP contribution in [0.25, 0.3) is 11.2 Å². The summed E-state index contributed by atoms with van der Waals surface area (Å²) in [7, 11) is 1.59. The lowest BCUT2D eigenvalue weighted by Gasteiger charge is -2.21. The van der Waals surface area contributed by atoms with Crippen LogP contribution in [-0.2, 0) is 13.6 Å². The van der Waals surface area contributed by atoms with E-state index in [9.17, 15) is 14.4 Å². The van der Waals surface area contributed by atoms with Crippen LogP contribution in [0.2, 0.25) is 0 Å². The van der Waals surface area contributed by atoms with E-state index in [0.29, 0.717) is 13.0 Å². The van der Waals surface area contributed by atoms with Crippen molar-refractivity contribution in [1.82, 2.24) is 18.7 Å². The molecule has 2 aromatic heterocycles. The Hall–Kier alpha value is -2.44. The maximum Gasteiger partial charge on any atom is 0.332 e. The van der Waals surface area contributed by atoms with Crippen LogP contribution in [-0.4, -0.2) is 24.6 Å². The highest BCUT2D eigenvalue weighted by Gasteiger charge is 2.29. The highest BCUT2D eigenvalue weighted by atomic mass is 16.2. The standard InChI is InChI=1S/C21H32N4O3/c1-6-8-9-10-11-12-13-14-24-18(26)16-17(23(5)20(24)28)22-15-25(16)19(27)21(3,4)7-2/h6,15H,1,7-14H2,2-5H3. The smallest absolute Gasteiger partial charge is 0.279 e. The van der Waals surface area contributed by atoms with Gasteiger partial charge in [-0.3, -0.25) is 23.3 Å². The first-order valence-corrected chi connectivity index (χ1v) is 10.1. The molecule has 0 amide bonds. The number of hydrogen-bond donors (Lipinski definition) is 0.